The van der Waals surface area contributed by atoms with E-state index in [-0.39, 0.29) is 12.2 Å². The molecule has 0 unspecified atom stereocenters. The van der Waals surface area contributed by atoms with Gasteiger partial charge in [0, 0.05) is 17.3 Å². The zero-order valence-corrected chi connectivity index (χ0v) is 15.5. The van der Waals surface area contributed by atoms with Gasteiger partial charge in [0.25, 0.3) is 5.91 Å². The molecular weight excluding hydrogens is 393 g/mol. The van der Waals surface area contributed by atoms with Gasteiger partial charge in [0.05, 0.1) is 11.5 Å². The number of nitro benzene ring substituents is 1. The molecule has 3 rings (SSSR count). The summed E-state index contributed by atoms with van der Waals surface area (Å²) in [6.07, 6.45) is 0. The van der Waals surface area contributed by atoms with Crippen LogP contribution in [0.5, 0.6) is 11.5 Å². The van der Waals surface area contributed by atoms with E-state index in [1.165, 1.54) is 6.07 Å². The lowest BCUT2D eigenvalue weighted by Crippen LogP contribution is -2.32. The Kier molecular flexibility index (Phi) is 6.33. The van der Waals surface area contributed by atoms with Crippen LogP contribution in [0.1, 0.15) is 10.4 Å². The van der Waals surface area contributed by atoms with Crippen molar-refractivity contribution in [1.82, 2.24) is 5.32 Å². The van der Waals surface area contributed by atoms with Gasteiger partial charge in [-0.15, -0.1) is 0 Å². The maximum Gasteiger partial charge on any atom is 0.306 e. The third-order valence-electron chi connectivity index (χ3n) is 3.93. The largest absolute Gasteiger partial charge is 0.457 e. The second-order valence-electron chi connectivity index (χ2n) is 6.09. The number of rotatable bonds is 7. The fourth-order valence-electron chi connectivity index (χ4n) is 2.50. The van der Waals surface area contributed by atoms with Crippen LogP contribution in [-0.4, -0.2) is 23.3 Å². The predicted octanol–water partition coefficient (Wildman–Crippen LogP) is 3.89. The molecule has 0 heterocycles. The molecule has 0 radical (unpaired) electrons. The van der Waals surface area contributed by atoms with Crippen molar-refractivity contribution >= 4 is 23.2 Å². The first-order valence-electron chi connectivity index (χ1n) is 8.77. The molecule has 3 aromatic carbocycles. The summed E-state index contributed by atoms with van der Waals surface area (Å²) in [5.41, 5.74) is -0.389. The van der Waals surface area contributed by atoms with Crippen molar-refractivity contribution < 1.29 is 23.6 Å². The highest BCUT2D eigenvalue weighted by Crippen LogP contribution is 2.22. The van der Waals surface area contributed by atoms with E-state index in [2.05, 4.69) is 10.6 Å². The van der Waals surface area contributed by atoms with Crippen molar-refractivity contribution in [2.24, 2.45) is 0 Å². The number of para-hydroxylation sites is 1. The van der Waals surface area contributed by atoms with E-state index in [0.717, 1.165) is 12.1 Å². The molecule has 9 heteroatoms. The van der Waals surface area contributed by atoms with E-state index in [4.69, 9.17) is 4.74 Å². The van der Waals surface area contributed by atoms with Crippen LogP contribution in [-0.2, 0) is 4.79 Å². The Morgan fingerprint density at radius 3 is 2.30 bits per heavy atom. The Hall–Kier alpha value is -4.27. The van der Waals surface area contributed by atoms with Gasteiger partial charge in [0.15, 0.2) is 0 Å². The Balaban J connectivity index is 1.53. The fraction of sp³-hybridized carbons (Fsp3) is 0.0476. The number of nitro groups is 1. The van der Waals surface area contributed by atoms with Gasteiger partial charge in [-0.05, 0) is 48.5 Å². The van der Waals surface area contributed by atoms with E-state index in [1.54, 1.807) is 36.4 Å². The molecule has 0 bridgehead atoms. The number of ether oxygens (including phenoxy) is 1. The van der Waals surface area contributed by atoms with Crippen molar-refractivity contribution in [2.45, 2.75) is 0 Å². The first-order valence-corrected chi connectivity index (χ1v) is 8.77. The molecule has 0 aromatic heterocycles. The second-order valence-corrected chi connectivity index (χ2v) is 6.09. The first kappa shape index (κ1) is 20.5. The highest BCUT2D eigenvalue weighted by molar-refractivity contribution is 5.99. The van der Waals surface area contributed by atoms with Crippen molar-refractivity contribution in [2.75, 3.05) is 11.9 Å². The maximum absolute atomic E-state index is 13.3. The van der Waals surface area contributed by atoms with Crippen LogP contribution >= 0.6 is 0 Å². The molecule has 0 spiro atoms. The molecule has 0 saturated heterocycles. The molecule has 30 heavy (non-hydrogen) atoms. The van der Waals surface area contributed by atoms with Crippen LogP contribution in [0.2, 0.25) is 0 Å². The van der Waals surface area contributed by atoms with Gasteiger partial charge in [0.1, 0.15) is 11.5 Å². The predicted molar refractivity (Wildman–Crippen MR) is 107 cm³/mol. The summed E-state index contributed by atoms with van der Waals surface area (Å²) in [5.74, 6) is -0.901. The Morgan fingerprint density at radius 2 is 1.63 bits per heavy atom. The summed E-state index contributed by atoms with van der Waals surface area (Å²) in [6.45, 7) is -0.369. The Morgan fingerprint density at radius 1 is 0.967 bits per heavy atom. The van der Waals surface area contributed by atoms with Crippen molar-refractivity contribution in [3.05, 3.63) is 94.3 Å². The molecule has 8 nitrogen and oxygen atoms in total. The van der Waals surface area contributed by atoms with Gasteiger partial charge in [-0.25, -0.2) is 0 Å². The molecule has 0 fully saturated rings. The first-order chi connectivity index (χ1) is 14.4. The van der Waals surface area contributed by atoms with Gasteiger partial charge < -0.3 is 15.4 Å². The zero-order chi connectivity index (χ0) is 21.5. The van der Waals surface area contributed by atoms with Crippen molar-refractivity contribution in [1.29, 1.82) is 0 Å². The lowest BCUT2D eigenvalue weighted by molar-refractivity contribution is -0.387. The van der Waals surface area contributed by atoms with Crippen LogP contribution in [0.3, 0.4) is 0 Å². The molecule has 0 saturated carbocycles. The molecule has 0 aliphatic heterocycles. The molecule has 152 valence electrons. The summed E-state index contributed by atoms with van der Waals surface area (Å²) in [4.78, 5) is 34.0. The molecule has 0 atom stereocenters. The summed E-state index contributed by atoms with van der Waals surface area (Å²) < 4.78 is 19.0. The van der Waals surface area contributed by atoms with Gasteiger partial charge in [0.2, 0.25) is 11.7 Å². The maximum atomic E-state index is 13.3. The van der Waals surface area contributed by atoms with Gasteiger partial charge in [-0.3, -0.25) is 19.7 Å². The number of nitrogens with zero attached hydrogens (tertiary/aromatic N) is 1. The molecular formula is C21H16FN3O5. The smallest absolute Gasteiger partial charge is 0.306 e. The van der Waals surface area contributed by atoms with E-state index < -0.39 is 28.2 Å². The number of anilines is 1. The number of carbonyl (C=O) groups excluding carboxylic acids is 2. The Labute approximate surface area is 170 Å². The number of carbonyl (C=O) groups is 2. The average molecular weight is 409 g/mol. The number of halogens is 1. The van der Waals surface area contributed by atoms with Crippen molar-refractivity contribution in [3.8, 4) is 11.5 Å². The second kappa shape index (κ2) is 9.28. The van der Waals surface area contributed by atoms with Gasteiger partial charge >= 0.3 is 5.69 Å². The lowest BCUT2D eigenvalue weighted by atomic mass is 10.2. The van der Waals surface area contributed by atoms with Crippen LogP contribution in [0.15, 0.2) is 72.8 Å². The molecule has 2 amide bonds. The van der Waals surface area contributed by atoms with E-state index >= 15 is 0 Å². The zero-order valence-electron chi connectivity index (χ0n) is 15.5. The SMILES string of the molecule is O=C(CNC(=O)c1ccc(Oc2ccccc2)cc1)Nc1ccc(F)c([N+](=O)[O-])c1. The quantitative estimate of drug-likeness (QED) is 0.454. The third-order valence-corrected chi connectivity index (χ3v) is 3.93. The number of benzene rings is 3. The van der Waals surface area contributed by atoms with Crippen LogP contribution in [0, 0.1) is 15.9 Å². The van der Waals surface area contributed by atoms with Gasteiger partial charge in [-0.1, -0.05) is 18.2 Å². The minimum Gasteiger partial charge on any atom is -0.457 e. The lowest BCUT2D eigenvalue weighted by Gasteiger charge is -2.08. The minimum absolute atomic E-state index is 0.0461. The average Bonchev–Trinajstić information content (AvgIpc) is 2.74. The van der Waals surface area contributed by atoms with E-state index in [1.807, 2.05) is 18.2 Å². The standard InChI is InChI=1S/C21H16FN3O5/c22-18-11-8-15(12-19(18)25(28)29)24-20(26)13-23-21(27)14-6-9-17(10-7-14)30-16-4-2-1-3-5-16/h1-12H,13H2,(H,23,27)(H,24,26). The van der Waals surface area contributed by atoms with E-state index in [9.17, 15) is 24.1 Å². The normalized spacial score (nSPS) is 10.2. The monoisotopic (exact) mass is 409 g/mol. The highest BCUT2D eigenvalue weighted by Gasteiger charge is 2.15. The fourth-order valence-corrected chi connectivity index (χ4v) is 2.50. The molecule has 0 aliphatic carbocycles. The highest BCUT2D eigenvalue weighted by atomic mass is 19.1. The summed E-state index contributed by atoms with van der Waals surface area (Å²) in [7, 11) is 0. The number of nitrogens with one attached hydrogen (secondary N) is 2. The Bertz CT molecular complexity index is 1070. The minimum atomic E-state index is -1.01. The molecule has 0 aliphatic rings. The summed E-state index contributed by atoms with van der Waals surface area (Å²) >= 11 is 0. The van der Waals surface area contributed by atoms with Crippen LogP contribution in [0.25, 0.3) is 0 Å². The van der Waals surface area contributed by atoms with Crippen molar-refractivity contribution in [3.63, 3.8) is 0 Å². The number of hydrogen-bond acceptors (Lipinski definition) is 5. The number of hydrogen-bond donors (Lipinski definition) is 2. The third kappa shape index (κ3) is 5.38. The van der Waals surface area contributed by atoms with Gasteiger partial charge in [-0.2, -0.15) is 4.39 Å². The van der Waals surface area contributed by atoms with Crippen LogP contribution in [0.4, 0.5) is 15.8 Å². The molecule has 2 N–H and O–H groups in total. The summed E-state index contributed by atoms with van der Waals surface area (Å²) in [6, 6.07) is 18.5. The molecule has 3 aromatic rings. The topological polar surface area (TPSA) is 111 Å². The van der Waals surface area contributed by atoms with E-state index in [0.29, 0.717) is 17.1 Å². The summed E-state index contributed by atoms with van der Waals surface area (Å²) in [5, 5.41) is 15.5. The number of amides is 2. The van der Waals surface area contributed by atoms with Crippen LogP contribution < -0.4 is 15.4 Å².